The van der Waals surface area contributed by atoms with Crippen molar-refractivity contribution in [3.8, 4) is 11.1 Å². The van der Waals surface area contributed by atoms with Crippen LogP contribution in [0.25, 0.3) is 11.1 Å². The molecule has 0 nitrogen and oxygen atoms in total. The molecule has 1 saturated carbocycles. The topological polar surface area (TPSA) is 0 Å². The van der Waals surface area contributed by atoms with E-state index in [4.69, 9.17) is 0 Å². The van der Waals surface area contributed by atoms with Gasteiger partial charge < -0.3 is 0 Å². The number of rotatable bonds is 1. The summed E-state index contributed by atoms with van der Waals surface area (Å²) < 4.78 is 1.80. The van der Waals surface area contributed by atoms with Crippen molar-refractivity contribution in [1.29, 1.82) is 0 Å². The van der Waals surface area contributed by atoms with Crippen molar-refractivity contribution in [2.45, 2.75) is 79.6 Å². The number of hydrogen-bond acceptors (Lipinski definition) is 0. The zero-order valence-electron chi connectivity index (χ0n) is 20.6. The largest absolute Gasteiger partial charge is 0.179 e. The summed E-state index contributed by atoms with van der Waals surface area (Å²) in [6.07, 6.45) is 15.3. The maximum absolute atomic E-state index is 3.48. The van der Waals surface area contributed by atoms with Crippen LogP contribution in [0.1, 0.15) is 84.3 Å². The van der Waals surface area contributed by atoms with Gasteiger partial charge in [-0.15, -0.1) is 5.56 Å². The standard InChI is InChI=1S/C13H9.C12H19.C6H10.Zr/c1-3-7-12-10(5-1)9-11-6-2-4-8-13(11)12;1-6-10-7-9(2)8-11(10)12(3,4)5;1-2-4-6-5-3-1;/h1-5,7-8H,9H2;8-9H,6H2,1-5H3;1-5H2;/q2*-1;;+2. The molecule has 0 spiro atoms. The van der Waals surface area contributed by atoms with E-state index in [0.29, 0.717) is 11.3 Å². The summed E-state index contributed by atoms with van der Waals surface area (Å²) in [5.41, 5.74) is 8.73. The molecule has 0 saturated heterocycles. The first-order chi connectivity index (χ1) is 15.3. The quantitative estimate of drug-likeness (QED) is 0.293. The molecule has 0 bridgehead atoms. The van der Waals surface area contributed by atoms with Crippen LogP contribution in [0.15, 0.2) is 59.7 Å². The molecule has 0 aromatic heterocycles. The van der Waals surface area contributed by atoms with Crippen LogP contribution >= 0.6 is 0 Å². The minimum Gasteiger partial charge on any atom is -0.179 e. The minimum atomic E-state index is 0.295. The van der Waals surface area contributed by atoms with Gasteiger partial charge in [0.25, 0.3) is 0 Å². The monoisotopic (exact) mass is 500 g/mol. The first-order valence-corrected chi connectivity index (χ1v) is 13.5. The molecular formula is C31H38Zr. The molecule has 2 aromatic rings. The van der Waals surface area contributed by atoms with Crippen LogP contribution in [0.3, 0.4) is 0 Å². The molecule has 1 heteroatoms. The summed E-state index contributed by atoms with van der Waals surface area (Å²) in [7, 11) is 0. The maximum atomic E-state index is 3.48. The molecule has 3 aliphatic rings. The second-order valence-corrected chi connectivity index (χ2v) is 11.9. The van der Waals surface area contributed by atoms with Crippen molar-refractivity contribution in [3.63, 3.8) is 0 Å². The smallest absolute Gasteiger partial charge is 0.0253 e. The molecule has 0 amide bonds. The molecule has 1 fully saturated rings. The molecule has 0 aliphatic heterocycles. The van der Waals surface area contributed by atoms with Crippen molar-refractivity contribution in [3.05, 3.63) is 83.0 Å². The molecule has 3 aliphatic carbocycles. The van der Waals surface area contributed by atoms with Crippen LogP contribution in [0.4, 0.5) is 0 Å². The van der Waals surface area contributed by atoms with Gasteiger partial charge in [-0.3, -0.25) is 6.08 Å². The first kappa shape index (κ1) is 25.3. The second-order valence-electron chi connectivity index (χ2n) is 10.2. The van der Waals surface area contributed by atoms with Gasteiger partial charge in [0.15, 0.2) is 0 Å². The van der Waals surface area contributed by atoms with E-state index in [0.717, 1.165) is 12.8 Å². The van der Waals surface area contributed by atoms with Gasteiger partial charge in [0.2, 0.25) is 0 Å². The van der Waals surface area contributed by atoms with E-state index in [1.54, 1.807) is 27.4 Å². The van der Waals surface area contributed by atoms with Crippen molar-refractivity contribution < 1.29 is 24.2 Å². The zero-order valence-corrected chi connectivity index (χ0v) is 23.1. The van der Waals surface area contributed by atoms with Crippen molar-refractivity contribution in [2.75, 3.05) is 0 Å². The average Bonchev–Trinajstić information content (AvgIpc) is 3.35. The van der Waals surface area contributed by atoms with Gasteiger partial charge >= 0.3 is 59.5 Å². The molecular weight excluding hydrogens is 464 g/mol. The van der Waals surface area contributed by atoms with E-state index in [9.17, 15) is 0 Å². The summed E-state index contributed by atoms with van der Waals surface area (Å²) in [5, 5.41) is 0. The van der Waals surface area contributed by atoms with E-state index in [-0.39, 0.29) is 0 Å². The van der Waals surface area contributed by atoms with Crippen molar-refractivity contribution in [2.24, 2.45) is 11.3 Å². The summed E-state index contributed by atoms with van der Waals surface area (Å²) in [4.78, 5) is 0. The summed E-state index contributed by atoms with van der Waals surface area (Å²) in [6, 6.07) is 18.1. The predicted molar refractivity (Wildman–Crippen MR) is 135 cm³/mol. The molecule has 1 unspecified atom stereocenters. The Balaban J connectivity index is 0.000000142. The van der Waals surface area contributed by atoms with Crippen LogP contribution in [-0.4, -0.2) is 3.21 Å². The van der Waals surface area contributed by atoms with E-state index in [1.165, 1.54) is 65.5 Å². The maximum Gasteiger partial charge on any atom is -0.0253 e. The van der Waals surface area contributed by atoms with Gasteiger partial charge in [-0.25, -0.2) is 5.57 Å². The van der Waals surface area contributed by atoms with E-state index < -0.39 is 0 Å². The Labute approximate surface area is 211 Å². The summed E-state index contributed by atoms with van der Waals surface area (Å²) >= 11 is 1.69. The SMILES string of the molecule is CCC1=[C-]C(C)C=C1C(C)(C)C.[Zr+2]=[C]1CCCCC1.[c-]1cccc2c1Cc1ccccc1-2. The fraction of sp³-hybridized carbons (Fsp3) is 0.452. The number of hydrogen-bond donors (Lipinski definition) is 0. The molecule has 0 N–H and O–H groups in total. The Kier molecular flexibility index (Phi) is 9.25. The Morgan fingerprint density at radius 1 is 0.969 bits per heavy atom. The van der Waals surface area contributed by atoms with Gasteiger partial charge in [0.05, 0.1) is 0 Å². The van der Waals surface area contributed by atoms with E-state index >= 15 is 0 Å². The molecule has 166 valence electrons. The van der Waals surface area contributed by atoms with Crippen molar-refractivity contribution in [1.82, 2.24) is 0 Å². The fourth-order valence-corrected chi connectivity index (χ4v) is 5.59. The van der Waals surface area contributed by atoms with Gasteiger partial charge in [-0.1, -0.05) is 87.8 Å². The molecule has 0 heterocycles. The van der Waals surface area contributed by atoms with Crippen LogP contribution in [0.2, 0.25) is 0 Å². The van der Waals surface area contributed by atoms with Crippen LogP contribution in [-0.2, 0) is 30.7 Å². The molecule has 1 atom stereocenters. The Morgan fingerprint density at radius 3 is 2.25 bits per heavy atom. The number of benzene rings is 2. The van der Waals surface area contributed by atoms with Crippen LogP contribution < -0.4 is 0 Å². The third-order valence-corrected chi connectivity index (χ3v) is 7.61. The van der Waals surface area contributed by atoms with Crippen molar-refractivity contribution >= 4 is 3.21 Å². The molecule has 5 rings (SSSR count). The van der Waals surface area contributed by atoms with Gasteiger partial charge in [0, 0.05) is 0 Å². The van der Waals surface area contributed by atoms with E-state index in [1.807, 2.05) is 6.07 Å². The normalized spacial score (nSPS) is 19.0. The summed E-state index contributed by atoms with van der Waals surface area (Å²) in [6.45, 7) is 11.2. The number of allylic oxidation sites excluding steroid dienone is 4. The Morgan fingerprint density at radius 2 is 1.66 bits per heavy atom. The molecule has 2 aromatic carbocycles. The van der Waals surface area contributed by atoms with Gasteiger partial charge in [-0.2, -0.15) is 41.5 Å². The van der Waals surface area contributed by atoms with Crippen LogP contribution in [0.5, 0.6) is 0 Å². The molecule has 0 radical (unpaired) electrons. The van der Waals surface area contributed by atoms with Gasteiger partial charge in [-0.05, 0) is 6.42 Å². The third-order valence-electron chi connectivity index (χ3n) is 6.38. The summed E-state index contributed by atoms with van der Waals surface area (Å²) in [5.74, 6) is 0.522. The zero-order chi connectivity index (χ0) is 23.1. The first-order valence-electron chi connectivity index (χ1n) is 12.3. The second kappa shape index (κ2) is 11.7. The average molecular weight is 502 g/mol. The molecule has 32 heavy (non-hydrogen) atoms. The Hall–Kier alpha value is -1.33. The predicted octanol–water partition coefficient (Wildman–Crippen LogP) is 8.48. The third kappa shape index (κ3) is 6.84. The minimum absolute atomic E-state index is 0.295. The van der Waals surface area contributed by atoms with E-state index in [2.05, 4.69) is 89.2 Å². The van der Waals surface area contributed by atoms with Gasteiger partial charge in [0.1, 0.15) is 0 Å². The Bertz CT molecular complexity index is 932. The van der Waals surface area contributed by atoms with Crippen LogP contribution in [0, 0.1) is 23.5 Å². The fourth-order valence-electron chi connectivity index (χ4n) is 4.72. The number of fused-ring (bicyclic) bond motifs is 3.